The molecule has 2 nitrogen and oxygen atoms in total. The summed E-state index contributed by atoms with van der Waals surface area (Å²) in [4.78, 5) is 0. The minimum Gasteiger partial charge on any atom is -0.508 e. The van der Waals surface area contributed by atoms with Crippen molar-refractivity contribution in [3.05, 3.63) is 96.1 Å². The van der Waals surface area contributed by atoms with Gasteiger partial charge in [0.1, 0.15) is 11.5 Å². The van der Waals surface area contributed by atoms with E-state index in [1.54, 1.807) is 18.2 Å². The molecule has 0 fully saturated rings. The Bertz CT molecular complexity index is 1160. The average Bonchev–Trinajstić information content (AvgIpc) is 3.07. The van der Waals surface area contributed by atoms with E-state index in [2.05, 4.69) is 42.5 Å². The van der Waals surface area contributed by atoms with Gasteiger partial charge < -0.3 is 10.2 Å². The fourth-order valence-electron chi connectivity index (χ4n) is 4.06. The molecule has 0 amide bonds. The zero-order valence-corrected chi connectivity index (χ0v) is 14.7. The Morgan fingerprint density at radius 1 is 0.519 bits per heavy atom. The molecule has 4 aromatic rings. The van der Waals surface area contributed by atoms with Crippen molar-refractivity contribution in [1.82, 2.24) is 0 Å². The second kappa shape index (κ2) is 6.03. The van der Waals surface area contributed by atoms with Gasteiger partial charge in [-0.15, -0.1) is 0 Å². The standard InChI is InChI=1S/C25H18O2/c26-18-10-8-16(9-11-18)21-13-12-19(27)15-25(21)23-7-3-6-22-20-5-2-1-4-17(20)14-24(22)23/h1-13,15,26-27H,14H2. The van der Waals surface area contributed by atoms with E-state index in [1.165, 1.54) is 22.3 Å². The molecule has 1 aliphatic rings. The van der Waals surface area contributed by atoms with Crippen molar-refractivity contribution < 1.29 is 10.2 Å². The molecule has 0 spiro atoms. The van der Waals surface area contributed by atoms with Gasteiger partial charge in [-0.2, -0.15) is 0 Å². The van der Waals surface area contributed by atoms with Gasteiger partial charge in [0.2, 0.25) is 0 Å². The van der Waals surface area contributed by atoms with E-state index in [0.29, 0.717) is 0 Å². The lowest BCUT2D eigenvalue weighted by atomic mass is 9.90. The highest BCUT2D eigenvalue weighted by molar-refractivity contribution is 5.91. The summed E-state index contributed by atoms with van der Waals surface area (Å²) < 4.78 is 0. The van der Waals surface area contributed by atoms with Crippen LogP contribution in [0, 0.1) is 0 Å². The SMILES string of the molecule is Oc1ccc(-c2ccc(O)cc2-c2cccc3c2Cc2ccccc2-3)cc1. The molecule has 1 aliphatic carbocycles. The second-order valence-corrected chi connectivity index (χ2v) is 6.94. The number of phenolic OH excluding ortho intramolecular Hbond substituents is 2. The summed E-state index contributed by atoms with van der Waals surface area (Å²) >= 11 is 0. The zero-order valence-electron chi connectivity index (χ0n) is 14.7. The van der Waals surface area contributed by atoms with Crippen LogP contribution in [-0.2, 0) is 6.42 Å². The Balaban J connectivity index is 1.73. The van der Waals surface area contributed by atoms with Crippen molar-refractivity contribution in [3.63, 3.8) is 0 Å². The molecule has 0 aliphatic heterocycles. The number of fused-ring (bicyclic) bond motifs is 3. The molecule has 27 heavy (non-hydrogen) atoms. The molecule has 2 N–H and O–H groups in total. The summed E-state index contributed by atoms with van der Waals surface area (Å²) in [6.07, 6.45) is 0.895. The molecule has 130 valence electrons. The highest BCUT2D eigenvalue weighted by atomic mass is 16.3. The van der Waals surface area contributed by atoms with E-state index in [4.69, 9.17) is 0 Å². The van der Waals surface area contributed by atoms with Gasteiger partial charge in [-0.3, -0.25) is 0 Å². The van der Waals surface area contributed by atoms with E-state index in [1.807, 2.05) is 24.3 Å². The van der Waals surface area contributed by atoms with Gasteiger partial charge in [0.05, 0.1) is 0 Å². The molecule has 0 radical (unpaired) electrons. The molecule has 0 heterocycles. The number of rotatable bonds is 2. The lowest BCUT2D eigenvalue weighted by Gasteiger charge is -2.15. The third-order valence-corrected chi connectivity index (χ3v) is 5.32. The number of phenols is 2. The number of hydrogen-bond acceptors (Lipinski definition) is 2. The molecule has 0 unspecified atom stereocenters. The van der Waals surface area contributed by atoms with Crippen LogP contribution < -0.4 is 0 Å². The first kappa shape index (κ1) is 15.7. The summed E-state index contributed by atoms with van der Waals surface area (Å²) in [5.74, 6) is 0.496. The third kappa shape index (κ3) is 2.58. The fourth-order valence-corrected chi connectivity index (χ4v) is 4.06. The summed E-state index contributed by atoms with van der Waals surface area (Å²) in [5, 5.41) is 19.8. The Kier molecular flexibility index (Phi) is 3.51. The molecule has 0 saturated carbocycles. The maximum absolute atomic E-state index is 10.2. The van der Waals surface area contributed by atoms with E-state index in [0.717, 1.165) is 28.7 Å². The van der Waals surface area contributed by atoms with Crippen molar-refractivity contribution >= 4 is 0 Å². The Morgan fingerprint density at radius 3 is 2.00 bits per heavy atom. The smallest absolute Gasteiger partial charge is 0.116 e. The topological polar surface area (TPSA) is 40.5 Å². The molecule has 4 aromatic carbocycles. The van der Waals surface area contributed by atoms with Gasteiger partial charge in [0.25, 0.3) is 0 Å². The first-order valence-corrected chi connectivity index (χ1v) is 9.04. The van der Waals surface area contributed by atoms with Gasteiger partial charge in [-0.05, 0) is 75.2 Å². The number of aromatic hydroxyl groups is 2. The van der Waals surface area contributed by atoms with Gasteiger partial charge >= 0.3 is 0 Å². The maximum Gasteiger partial charge on any atom is 0.116 e. The predicted octanol–water partition coefficient (Wildman–Crippen LogP) is 6.00. The van der Waals surface area contributed by atoms with E-state index < -0.39 is 0 Å². The van der Waals surface area contributed by atoms with Gasteiger partial charge in [-0.1, -0.05) is 60.7 Å². The molecular formula is C25H18O2. The first-order valence-electron chi connectivity index (χ1n) is 9.04. The maximum atomic E-state index is 10.2. The molecule has 0 atom stereocenters. The predicted molar refractivity (Wildman–Crippen MR) is 109 cm³/mol. The minimum absolute atomic E-state index is 0.245. The van der Waals surface area contributed by atoms with Crippen LogP contribution in [0.3, 0.4) is 0 Å². The first-order chi connectivity index (χ1) is 13.2. The van der Waals surface area contributed by atoms with Crippen LogP contribution in [0.5, 0.6) is 11.5 Å². The average molecular weight is 350 g/mol. The van der Waals surface area contributed by atoms with Crippen LogP contribution in [0.15, 0.2) is 84.9 Å². The van der Waals surface area contributed by atoms with Gasteiger partial charge in [0.15, 0.2) is 0 Å². The minimum atomic E-state index is 0.245. The lowest BCUT2D eigenvalue weighted by molar-refractivity contribution is 0.474. The van der Waals surface area contributed by atoms with Crippen LogP contribution in [0.2, 0.25) is 0 Å². The summed E-state index contributed by atoms with van der Waals surface area (Å²) in [6.45, 7) is 0. The van der Waals surface area contributed by atoms with Crippen molar-refractivity contribution in [2.45, 2.75) is 6.42 Å². The van der Waals surface area contributed by atoms with Gasteiger partial charge in [-0.25, -0.2) is 0 Å². The van der Waals surface area contributed by atoms with Crippen LogP contribution in [0.4, 0.5) is 0 Å². The third-order valence-electron chi connectivity index (χ3n) is 5.32. The molecule has 2 heteroatoms. The highest BCUT2D eigenvalue weighted by Gasteiger charge is 2.22. The molecule has 5 rings (SSSR count). The van der Waals surface area contributed by atoms with Crippen LogP contribution in [0.1, 0.15) is 11.1 Å². The largest absolute Gasteiger partial charge is 0.508 e. The van der Waals surface area contributed by atoms with E-state index >= 15 is 0 Å². The van der Waals surface area contributed by atoms with Crippen molar-refractivity contribution in [2.24, 2.45) is 0 Å². The molecular weight excluding hydrogens is 332 g/mol. The van der Waals surface area contributed by atoms with Crippen molar-refractivity contribution in [2.75, 3.05) is 0 Å². The van der Waals surface area contributed by atoms with Crippen LogP contribution >= 0.6 is 0 Å². The highest BCUT2D eigenvalue weighted by Crippen LogP contribution is 2.44. The fraction of sp³-hybridized carbons (Fsp3) is 0.0400. The van der Waals surface area contributed by atoms with E-state index in [-0.39, 0.29) is 11.5 Å². The van der Waals surface area contributed by atoms with Crippen molar-refractivity contribution in [1.29, 1.82) is 0 Å². The summed E-state index contributed by atoms with van der Waals surface area (Å²) in [6, 6.07) is 27.6. The van der Waals surface area contributed by atoms with Crippen molar-refractivity contribution in [3.8, 4) is 44.9 Å². The molecule has 0 aromatic heterocycles. The zero-order chi connectivity index (χ0) is 18.4. The summed E-state index contributed by atoms with van der Waals surface area (Å²) in [7, 11) is 0. The van der Waals surface area contributed by atoms with E-state index in [9.17, 15) is 10.2 Å². The van der Waals surface area contributed by atoms with Crippen LogP contribution in [-0.4, -0.2) is 10.2 Å². The molecule has 0 saturated heterocycles. The normalized spacial score (nSPS) is 11.9. The Morgan fingerprint density at radius 2 is 1.19 bits per heavy atom. The second-order valence-electron chi connectivity index (χ2n) is 6.94. The monoisotopic (exact) mass is 350 g/mol. The summed E-state index contributed by atoms with van der Waals surface area (Å²) in [5.41, 5.74) is 9.39. The van der Waals surface area contributed by atoms with Crippen LogP contribution in [0.25, 0.3) is 33.4 Å². The molecule has 0 bridgehead atoms. The van der Waals surface area contributed by atoms with Gasteiger partial charge in [0, 0.05) is 0 Å². The lowest BCUT2D eigenvalue weighted by Crippen LogP contribution is -1.91. The Hall–Kier alpha value is -3.52. The number of hydrogen-bond donors (Lipinski definition) is 2. The number of benzene rings is 4. The Labute approximate surface area is 158 Å². The quantitative estimate of drug-likeness (QED) is 0.410.